The first-order valence-corrected chi connectivity index (χ1v) is 12.1. The monoisotopic (exact) mass is 489 g/mol. The second-order valence-corrected chi connectivity index (χ2v) is 9.92. The molecule has 172 valence electrons. The standard InChI is InChI=1S/C23H21ClFN3O4S/c24-19-6-2-1-5-17(19)15-27-16-18(9-10-22(27)29)23(30)26-11-13-28(14-12-26)33(31,32)21-8-4-3-7-20(21)25/h1-10,16H,11-15H2. The maximum absolute atomic E-state index is 14.0. The van der Waals surface area contributed by atoms with E-state index in [0.29, 0.717) is 10.6 Å². The molecule has 33 heavy (non-hydrogen) atoms. The van der Waals surface area contributed by atoms with E-state index >= 15 is 0 Å². The normalized spacial score (nSPS) is 14.9. The number of amides is 1. The lowest BCUT2D eigenvalue weighted by atomic mass is 10.2. The molecule has 1 aromatic heterocycles. The molecule has 7 nitrogen and oxygen atoms in total. The van der Waals surface area contributed by atoms with Gasteiger partial charge in [0.1, 0.15) is 10.7 Å². The molecule has 1 aliphatic rings. The number of halogens is 2. The highest BCUT2D eigenvalue weighted by atomic mass is 35.5. The van der Waals surface area contributed by atoms with Crippen molar-refractivity contribution in [1.82, 2.24) is 13.8 Å². The van der Waals surface area contributed by atoms with Gasteiger partial charge < -0.3 is 9.47 Å². The van der Waals surface area contributed by atoms with Crippen LogP contribution in [-0.2, 0) is 16.6 Å². The van der Waals surface area contributed by atoms with Crippen LogP contribution in [0.3, 0.4) is 0 Å². The molecule has 1 aliphatic heterocycles. The van der Waals surface area contributed by atoms with E-state index in [1.807, 2.05) is 6.07 Å². The van der Waals surface area contributed by atoms with Gasteiger partial charge in [-0.15, -0.1) is 0 Å². The summed E-state index contributed by atoms with van der Waals surface area (Å²) in [5.41, 5.74) is 0.789. The third-order valence-corrected chi connectivity index (χ3v) is 7.81. The van der Waals surface area contributed by atoms with E-state index in [4.69, 9.17) is 11.6 Å². The summed E-state index contributed by atoms with van der Waals surface area (Å²) in [4.78, 5) is 26.5. The molecule has 3 aromatic rings. The fourth-order valence-electron chi connectivity index (χ4n) is 3.70. The molecule has 1 fully saturated rings. The van der Waals surface area contributed by atoms with Crippen molar-refractivity contribution in [3.63, 3.8) is 0 Å². The molecular formula is C23H21ClFN3O4S. The van der Waals surface area contributed by atoms with Crippen LogP contribution in [0.2, 0.25) is 5.02 Å². The van der Waals surface area contributed by atoms with Crippen LogP contribution in [0.5, 0.6) is 0 Å². The highest BCUT2D eigenvalue weighted by Gasteiger charge is 2.32. The molecule has 4 rings (SSSR count). The zero-order chi connectivity index (χ0) is 23.6. The van der Waals surface area contributed by atoms with Crippen LogP contribution < -0.4 is 5.56 Å². The molecule has 10 heteroatoms. The third-order valence-electron chi connectivity index (χ3n) is 5.51. The molecule has 0 atom stereocenters. The molecule has 1 saturated heterocycles. The molecule has 1 amide bonds. The fraction of sp³-hybridized carbons (Fsp3) is 0.217. The van der Waals surface area contributed by atoms with E-state index in [9.17, 15) is 22.4 Å². The van der Waals surface area contributed by atoms with Crippen molar-refractivity contribution in [2.24, 2.45) is 0 Å². The van der Waals surface area contributed by atoms with Crippen LogP contribution >= 0.6 is 11.6 Å². The van der Waals surface area contributed by atoms with Gasteiger partial charge in [0.2, 0.25) is 10.0 Å². The van der Waals surface area contributed by atoms with Crippen molar-refractivity contribution in [2.45, 2.75) is 11.4 Å². The van der Waals surface area contributed by atoms with Gasteiger partial charge in [-0.2, -0.15) is 4.31 Å². The third kappa shape index (κ3) is 4.85. The van der Waals surface area contributed by atoms with Crippen LogP contribution in [0.25, 0.3) is 0 Å². The van der Waals surface area contributed by atoms with Gasteiger partial charge in [0, 0.05) is 43.5 Å². The molecule has 2 heterocycles. The predicted molar refractivity (Wildman–Crippen MR) is 122 cm³/mol. The Morgan fingerprint density at radius 3 is 2.30 bits per heavy atom. The lowest BCUT2D eigenvalue weighted by Gasteiger charge is -2.34. The smallest absolute Gasteiger partial charge is 0.255 e. The first kappa shape index (κ1) is 23.2. The van der Waals surface area contributed by atoms with Crippen molar-refractivity contribution in [3.05, 3.63) is 99.2 Å². The lowest BCUT2D eigenvalue weighted by molar-refractivity contribution is 0.0696. The van der Waals surface area contributed by atoms with Crippen molar-refractivity contribution >= 4 is 27.5 Å². The summed E-state index contributed by atoms with van der Waals surface area (Å²) in [5, 5.41) is 0.522. The van der Waals surface area contributed by atoms with Gasteiger partial charge in [-0.1, -0.05) is 41.9 Å². The number of sulfonamides is 1. The van der Waals surface area contributed by atoms with Gasteiger partial charge >= 0.3 is 0 Å². The summed E-state index contributed by atoms with van der Waals surface area (Å²) in [7, 11) is -4.00. The Balaban J connectivity index is 1.47. The van der Waals surface area contributed by atoms with Crippen molar-refractivity contribution in [2.75, 3.05) is 26.2 Å². The molecule has 0 radical (unpaired) electrons. The first-order valence-electron chi connectivity index (χ1n) is 10.3. The van der Waals surface area contributed by atoms with Gasteiger partial charge in [-0.3, -0.25) is 9.59 Å². The number of benzene rings is 2. The number of piperazine rings is 1. The van der Waals surface area contributed by atoms with Crippen molar-refractivity contribution in [1.29, 1.82) is 0 Å². The van der Waals surface area contributed by atoms with Crippen LogP contribution in [-0.4, -0.2) is 54.3 Å². The van der Waals surface area contributed by atoms with Gasteiger partial charge in [-0.25, -0.2) is 12.8 Å². The molecule has 0 spiro atoms. The number of hydrogen-bond donors (Lipinski definition) is 0. The van der Waals surface area contributed by atoms with Gasteiger partial charge in [0.05, 0.1) is 12.1 Å². The number of pyridine rings is 1. The second kappa shape index (κ2) is 9.46. The zero-order valence-corrected chi connectivity index (χ0v) is 19.1. The van der Waals surface area contributed by atoms with Crippen LogP contribution in [0.1, 0.15) is 15.9 Å². The van der Waals surface area contributed by atoms with Crippen molar-refractivity contribution in [3.8, 4) is 0 Å². The van der Waals surface area contributed by atoms with E-state index < -0.39 is 15.8 Å². The highest BCUT2D eigenvalue weighted by Crippen LogP contribution is 2.21. The summed E-state index contributed by atoms with van der Waals surface area (Å²) in [6.45, 7) is 0.601. The highest BCUT2D eigenvalue weighted by molar-refractivity contribution is 7.89. The minimum absolute atomic E-state index is 0.0433. The van der Waals surface area contributed by atoms with Crippen LogP contribution in [0, 0.1) is 5.82 Å². The summed E-state index contributed by atoms with van der Waals surface area (Å²) in [5.74, 6) is -1.12. The van der Waals surface area contributed by atoms with Crippen LogP contribution in [0.15, 0.2) is 76.6 Å². The Morgan fingerprint density at radius 1 is 0.939 bits per heavy atom. The topological polar surface area (TPSA) is 79.7 Å². The zero-order valence-electron chi connectivity index (χ0n) is 17.5. The molecule has 2 aromatic carbocycles. The van der Waals surface area contributed by atoms with Gasteiger partial charge in [0.25, 0.3) is 11.5 Å². The predicted octanol–water partition coefficient (Wildman–Crippen LogP) is 2.84. The van der Waals surface area contributed by atoms with E-state index in [0.717, 1.165) is 11.6 Å². The minimum Gasteiger partial charge on any atom is -0.336 e. The average Bonchev–Trinajstić information content (AvgIpc) is 2.81. The van der Waals surface area contributed by atoms with E-state index in [-0.39, 0.29) is 49.1 Å². The molecule has 0 N–H and O–H groups in total. The van der Waals surface area contributed by atoms with Gasteiger partial charge in [0.15, 0.2) is 0 Å². The maximum Gasteiger partial charge on any atom is 0.255 e. The Morgan fingerprint density at radius 2 is 1.61 bits per heavy atom. The van der Waals surface area contributed by atoms with E-state index in [1.165, 1.54) is 50.3 Å². The quantitative estimate of drug-likeness (QED) is 0.552. The second-order valence-electron chi connectivity index (χ2n) is 7.60. The maximum atomic E-state index is 14.0. The lowest BCUT2D eigenvalue weighted by Crippen LogP contribution is -2.50. The summed E-state index contributed by atoms with van der Waals surface area (Å²) in [6, 6.07) is 15.1. The molecular weight excluding hydrogens is 469 g/mol. The summed E-state index contributed by atoms with van der Waals surface area (Å²) in [6.07, 6.45) is 1.48. The summed E-state index contributed by atoms with van der Waals surface area (Å²) < 4.78 is 42.1. The van der Waals surface area contributed by atoms with Crippen molar-refractivity contribution < 1.29 is 17.6 Å². The molecule has 0 saturated carbocycles. The fourth-order valence-corrected chi connectivity index (χ4v) is 5.38. The van der Waals surface area contributed by atoms with E-state index in [2.05, 4.69) is 0 Å². The average molecular weight is 490 g/mol. The summed E-state index contributed by atoms with van der Waals surface area (Å²) >= 11 is 6.19. The number of aromatic nitrogens is 1. The molecule has 0 bridgehead atoms. The number of carbonyl (C=O) groups excluding carboxylic acids is 1. The van der Waals surface area contributed by atoms with Crippen LogP contribution in [0.4, 0.5) is 4.39 Å². The minimum atomic E-state index is -4.00. The number of rotatable bonds is 5. The Hall–Kier alpha value is -3.01. The number of nitrogens with zero attached hydrogens (tertiary/aromatic N) is 3. The SMILES string of the molecule is O=C(c1ccc(=O)n(Cc2ccccc2Cl)c1)N1CCN(S(=O)(=O)c2ccccc2F)CC1. The Bertz CT molecular complexity index is 1350. The number of carbonyl (C=O) groups is 1. The molecule has 0 aliphatic carbocycles. The Labute approximate surface area is 195 Å². The van der Waals surface area contributed by atoms with E-state index in [1.54, 1.807) is 18.2 Å². The Kier molecular flexibility index (Phi) is 6.64. The molecule has 0 unspecified atom stereocenters. The largest absolute Gasteiger partial charge is 0.336 e. The first-order chi connectivity index (χ1) is 15.8. The van der Waals surface area contributed by atoms with Gasteiger partial charge in [-0.05, 0) is 29.8 Å². The number of hydrogen-bond acceptors (Lipinski definition) is 4.